The smallest absolute Gasteiger partial charge is 0.241 e. The van der Waals surface area contributed by atoms with Gasteiger partial charge in [0.25, 0.3) is 0 Å². The Morgan fingerprint density at radius 1 is 1.33 bits per heavy atom. The van der Waals surface area contributed by atoms with Crippen LogP contribution in [0.4, 0.5) is 11.8 Å². The molecule has 0 unspecified atom stereocenters. The molecule has 2 N–H and O–H groups in total. The molecule has 0 radical (unpaired) electrons. The van der Waals surface area contributed by atoms with Gasteiger partial charge in [-0.15, -0.1) is 11.3 Å². The van der Waals surface area contributed by atoms with E-state index in [1.165, 1.54) is 4.88 Å². The van der Waals surface area contributed by atoms with Crippen molar-refractivity contribution in [3.8, 4) is 0 Å². The molecule has 2 aromatic heterocycles. The second kappa shape index (κ2) is 6.71. The highest BCUT2D eigenvalue weighted by molar-refractivity contribution is 7.18. The van der Waals surface area contributed by atoms with Crippen LogP contribution in [0.5, 0.6) is 0 Å². The zero-order chi connectivity index (χ0) is 15.4. The molecule has 0 aromatic carbocycles. The van der Waals surface area contributed by atoms with E-state index in [-0.39, 0.29) is 12.5 Å². The lowest BCUT2D eigenvalue weighted by atomic mass is 10.3. The van der Waals surface area contributed by atoms with Crippen LogP contribution in [0.2, 0.25) is 0 Å². The number of carbonyl (C=O) groups is 1. The summed E-state index contributed by atoms with van der Waals surface area (Å²) < 4.78 is 0. The van der Waals surface area contributed by atoms with Crippen LogP contribution in [0.3, 0.4) is 0 Å². The van der Waals surface area contributed by atoms with E-state index in [4.69, 9.17) is 0 Å². The number of nitrogens with zero attached hydrogens (tertiary/aromatic N) is 3. The molecule has 0 aliphatic carbocycles. The predicted molar refractivity (Wildman–Crippen MR) is 88.1 cm³/mol. The van der Waals surface area contributed by atoms with Crippen molar-refractivity contribution in [2.24, 2.45) is 0 Å². The summed E-state index contributed by atoms with van der Waals surface area (Å²) in [7, 11) is 1.79. The zero-order valence-electron chi connectivity index (χ0n) is 12.9. The normalized spacial score (nSPS) is 10.7. The quantitative estimate of drug-likeness (QED) is 0.857. The van der Waals surface area contributed by atoms with Gasteiger partial charge in [-0.1, -0.05) is 0 Å². The van der Waals surface area contributed by atoms with E-state index in [2.05, 4.69) is 20.6 Å². The summed E-state index contributed by atoms with van der Waals surface area (Å²) in [6, 6.07) is 2.05. The summed E-state index contributed by atoms with van der Waals surface area (Å²) in [5.41, 5.74) is 0. The molecule has 0 atom stereocenters. The highest BCUT2D eigenvalue weighted by atomic mass is 32.1. The molecule has 2 aromatic rings. The van der Waals surface area contributed by atoms with Crippen molar-refractivity contribution in [3.05, 3.63) is 10.9 Å². The number of aromatic nitrogens is 2. The first-order chi connectivity index (χ1) is 10.0. The van der Waals surface area contributed by atoms with E-state index >= 15 is 0 Å². The number of nitrogens with one attached hydrogen (secondary N) is 2. The maximum atomic E-state index is 11.9. The van der Waals surface area contributed by atoms with Crippen LogP contribution < -0.4 is 10.6 Å². The highest BCUT2D eigenvalue weighted by Gasteiger charge is 2.12. The number of aryl methyl sites for hydroxylation is 1. The second-order valence-corrected chi connectivity index (χ2v) is 6.00. The number of carbonyl (C=O) groups excluding carboxylic acids is 1. The Hall–Kier alpha value is -1.89. The molecule has 0 aliphatic heterocycles. The Morgan fingerprint density at radius 2 is 2.10 bits per heavy atom. The maximum Gasteiger partial charge on any atom is 0.241 e. The summed E-state index contributed by atoms with van der Waals surface area (Å²) >= 11 is 1.62. The van der Waals surface area contributed by atoms with Gasteiger partial charge in [-0.2, -0.15) is 4.98 Å². The number of fused-ring (bicyclic) bond motifs is 1. The van der Waals surface area contributed by atoms with Gasteiger partial charge in [0.05, 0.1) is 11.9 Å². The Kier molecular flexibility index (Phi) is 4.95. The molecule has 0 fully saturated rings. The largest absolute Gasteiger partial charge is 0.360 e. The number of hydrogen-bond donors (Lipinski definition) is 2. The van der Waals surface area contributed by atoms with Gasteiger partial charge < -0.3 is 15.5 Å². The predicted octanol–water partition coefficient (Wildman–Crippen LogP) is 2.32. The van der Waals surface area contributed by atoms with Gasteiger partial charge in [0.15, 0.2) is 0 Å². The highest BCUT2D eigenvalue weighted by Crippen LogP contribution is 2.29. The van der Waals surface area contributed by atoms with E-state index in [1.54, 1.807) is 23.3 Å². The van der Waals surface area contributed by atoms with E-state index in [1.807, 2.05) is 26.8 Å². The number of likely N-dealkylation sites (N-methyl/N-ethyl adjacent to an activating group) is 1. The lowest BCUT2D eigenvalue weighted by Gasteiger charge is -2.15. The third-order valence-corrected chi connectivity index (χ3v) is 4.10. The summed E-state index contributed by atoms with van der Waals surface area (Å²) in [4.78, 5) is 24.6. The van der Waals surface area contributed by atoms with Gasteiger partial charge in [-0.05, 0) is 26.8 Å². The zero-order valence-corrected chi connectivity index (χ0v) is 13.7. The minimum absolute atomic E-state index is 0.0428. The third-order valence-electron chi connectivity index (χ3n) is 3.16. The summed E-state index contributed by atoms with van der Waals surface area (Å²) in [6.07, 6.45) is 0. The van der Waals surface area contributed by atoms with Crippen molar-refractivity contribution < 1.29 is 4.79 Å². The van der Waals surface area contributed by atoms with Crippen molar-refractivity contribution in [1.29, 1.82) is 0 Å². The molecule has 0 bridgehead atoms. The number of anilines is 2. The average molecular weight is 307 g/mol. The maximum absolute atomic E-state index is 11.9. The van der Waals surface area contributed by atoms with Gasteiger partial charge in [0.2, 0.25) is 11.9 Å². The summed E-state index contributed by atoms with van der Waals surface area (Å²) in [5.74, 6) is 1.34. The van der Waals surface area contributed by atoms with E-state index < -0.39 is 0 Å². The number of thiophene rings is 1. The minimum atomic E-state index is 0.0428. The topological polar surface area (TPSA) is 70.2 Å². The molecule has 7 heteroatoms. The lowest BCUT2D eigenvalue weighted by molar-refractivity contribution is -0.127. The second-order valence-electron chi connectivity index (χ2n) is 4.76. The molecule has 21 heavy (non-hydrogen) atoms. The lowest BCUT2D eigenvalue weighted by Crippen LogP contribution is -2.32. The number of amides is 1. The van der Waals surface area contributed by atoms with Crippen LogP contribution in [-0.2, 0) is 4.79 Å². The number of rotatable bonds is 6. The van der Waals surface area contributed by atoms with E-state index in [0.29, 0.717) is 18.3 Å². The minimum Gasteiger partial charge on any atom is -0.360 e. The Balaban J connectivity index is 2.26. The average Bonchev–Trinajstić information content (AvgIpc) is 2.84. The standard InChI is InChI=1S/C14H21N5OS/c1-5-15-14-17-12(16-8-11(20)19(4)6-2)10-7-9(3)21-13(10)18-14/h7H,5-6,8H2,1-4H3,(H2,15,16,17,18). The first kappa shape index (κ1) is 15.5. The van der Waals surface area contributed by atoms with Crippen LogP contribution in [0.1, 0.15) is 18.7 Å². The fourth-order valence-corrected chi connectivity index (χ4v) is 2.76. The van der Waals surface area contributed by atoms with Gasteiger partial charge >= 0.3 is 0 Å². The van der Waals surface area contributed by atoms with Crippen LogP contribution in [0.15, 0.2) is 6.07 Å². The number of hydrogen-bond acceptors (Lipinski definition) is 6. The molecular weight excluding hydrogens is 286 g/mol. The Bertz CT molecular complexity index is 640. The fourth-order valence-electron chi connectivity index (χ4n) is 1.88. The molecule has 2 rings (SSSR count). The molecular formula is C14H21N5OS. The Labute approximate surface area is 128 Å². The molecule has 6 nitrogen and oxygen atoms in total. The van der Waals surface area contributed by atoms with Crippen molar-refractivity contribution in [3.63, 3.8) is 0 Å². The van der Waals surface area contributed by atoms with Crippen LogP contribution >= 0.6 is 11.3 Å². The molecule has 0 aliphatic rings. The van der Waals surface area contributed by atoms with Crippen LogP contribution in [0.25, 0.3) is 10.2 Å². The van der Waals surface area contributed by atoms with Crippen molar-refractivity contribution in [2.75, 3.05) is 37.3 Å². The van der Waals surface area contributed by atoms with Crippen molar-refractivity contribution >= 4 is 39.2 Å². The summed E-state index contributed by atoms with van der Waals surface area (Å²) in [6.45, 7) is 7.68. The molecule has 0 saturated carbocycles. The monoisotopic (exact) mass is 307 g/mol. The Morgan fingerprint density at radius 3 is 2.76 bits per heavy atom. The van der Waals surface area contributed by atoms with Gasteiger partial charge in [0.1, 0.15) is 10.6 Å². The van der Waals surface area contributed by atoms with Crippen LogP contribution in [-0.4, -0.2) is 47.5 Å². The van der Waals surface area contributed by atoms with Gasteiger partial charge in [-0.3, -0.25) is 4.79 Å². The molecule has 2 heterocycles. The van der Waals surface area contributed by atoms with Crippen molar-refractivity contribution in [2.45, 2.75) is 20.8 Å². The first-order valence-corrected chi connectivity index (χ1v) is 7.86. The van der Waals surface area contributed by atoms with Crippen LogP contribution in [0, 0.1) is 6.92 Å². The molecule has 0 spiro atoms. The van der Waals surface area contributed by atoms with Crippen molar-refractivity contribution in [1.82, 2.24) is 14.9 Å². The van der Waals surface area contributed by atoms with Gasteiger partial charge in [-0.25, -0.2) is 4.98 Å². The first-order valence-electron chi connectivity index (χ1n) is 7.05. The third kappa shape index (κ3) is 3.60. The fraction of sp³-hybridized carbons (Fsp3) is 0.500. The van der Waals surface area contributed by atoms with E-state index in [9.17, 15) is 4.79 Å². The van der Waals surface area contributed by atoms with E-state index in [0.717, 1.165) is 16.8 Å². The summed E-state index contributed by atoms with van der Waals surface area (Å²) in [5, 5.41) is 7.22. The molecule has 114 valence electrons. The SMILES string of the molecule is CCNc1nc(NCC(=O)N(C)CC)c2cc(C)sc2n1. The molecule has 1 amide bonds. The van der Waals surface area contributed by atoms with Gasteiger partial charge in [0, 0.05) is 25.0 Å². The molecule has 0 saturated heterocycles.